The number of nitrogens with one attached hydrogen (secondary N) is 2. The predicted octanol–water partition coefficient (Wildman–Crippen LogP) is 1.67. The summed E-state index contributed by atoms with van der Waals surface area (Å²) in [6, 6.07) is 0. The molecule has 4 nitrogen and oxygen atoms in total. The third-order valence-electron chi connectivity index (χ3n) is 1.30. The Balaban J connectivity index is 3.02. The van der Waals surface area contributed by atoms with Crippen molar-refractivity contribution in [1.29, 1.82) is 0 Å². The number of rotatable bonds is 0. The van der Waals surface area contributed by atoms with Gasteiger partial charge < -0.3 is 4.98 Å². The number of nitrogens with zero attached hydrogens (tertiary/aromatic N) is 2. The Labute approximate surface area is 71.6 Å². The van der Waals surface area contributed by atoms with Crippen molar-refractivity contribution < 1.29 is 0 Å². The summed E-state index contributed by atoms with van der Waals surface area (Å²) in [4.78, 5) is 6.62. The van der Waals surface area contributed by atoms with E-state index in [0.717, 1.165) is 5.39 Å². The number of hydrogen-bond donors (Lipinski definition) is 2. The van der Waals surface area contributed by atoms with Crippen molar-refractivity contribution in [2.75, 3.05) is 0 Å². The van der Waals surface area contributed by atoms with Crippen molar-refractivity contribution >= 4 is 34.9 Å². The molecule has 0 unspecified atom stereocenters. The highest BCUT2D eigenvalue weighted by molar-refractivity contribution is 7.71. The van der Waals surface area contributed by atoms with E-state index in [2.05, 4.69) is 20.2 Å². The maximum atomic E-state index is 5.60. The zero-order valence-corrected chi connectivity index (χ0v) is 6.83. The highest BCUT2D eigenvalue weighted by Gasteiger charge is 1.99. The van der Waals surface area contributed by atoms with E-state index in [1.165, 1.54) is 0 Å². The van der Waals surface area contributed by atoms with Gasteiger partial charge in [-0.25, -0.2) is 4.98 Å². The smallest absolute Gasteiger partial charge is 0.202 e. The maximum Gasteiger partial charge on any atom is 0.202 e. The molecule has 2 heterocycles. The number of aromatic amines is 2. The minimum Gasteiger partial charge on any atom is -0.315 e. The summed E-state index contributed by atoms with van der Waals surface area (Å²) in [6.45, 7) is 0. The summed E-state index contributed by atoms with van der Waals surface area (Å²) in [5, 5.41) is 7.54. The molecule has 0 atom stereocenters. The lowest BCUT2D eigenvalue weighted by molar-refractivity contribution is 1.09. The first-order chi connectivity index (χ1) is 5.27. The second-order valence-corrected chi connectivity index (χ2v) is 2.74. The lowest BCUT2D eigenvalue weighted by Gasteiger charge is -1.89. The fourth-order valence-electron chi connectivity index (χ4n) is 0.824. The Morgan fingerprint density at radius 2 is 2.36 bits per heavy atom. The molecule has 2 N–H and O–H groups in total. The molecule has 0 spiro atoms. The van der Waals surface area contributed by atoms with E-state index in [1.54, 1.807) is 6.20 Å². The largest absolute Gasteiger partial charge is 0.315 e. The molecule has 2 rings (SSSR count). The number of fused-ring (bicyclic) bond motifs is 1. The predicted molar refractivity (Wildman–Crippen MR) is 44.1 cm³/mol. The van der Waals surface area contributed by atoms with Gasteiger partial charge in [-0.2, -0.15) is 5.10 Å². The fraction of sp³-hybridized carbons (Fsp3) is 0. The Morgan fingerprint density at radius 3 is 3.18 bits per heavy atom. The van der Waals surface area contributed by atoms with Crippen LogP contribution in [0.5, 0.6) is 0 Å². The van der Waals surface area contributed by atoms with E-state index in [-0.39, 0.29) is 5.28 Å². The molecule has 0 saturated carbocycles. The third-order valence-corrected chi connectivity index (χ3v) is 1.79. The maximum absolute atomic E-state index is 5.60. The minimum absolute atomic E-state index is 0.270. The first-order valence-corrected chi connectivity index (χ1v) is 3.65. The van der Waals surface area contributed by atoms with E-state index in [0.29, 0.717) is 10.3 Å². The lowest BCUT2D eigenvalue weighted by Crippen LogP contribution is -1.83. The first-order valence-electron chi connectivity index (χ1n) is 2.86. The van der Waals surface area contributed by atoms with Crippen LogP contribution in [0.3, 0.4) is 0 Å². The topological polar surface area (TPSA) is 57.4 Å². The number of halogens is 1. The van der Waals surface area contributed by atoms with Crippen LogP contribution in [0.25, 0.3) is 11.0 Å². The van der Waals surface area contributed by atoms with Gasteiger partial charge in [-0.3, -0.25) is 5.10 Å². The van der Waals surface area contributed by atoms with E-state index < -0.39 is 0 Å². The Morgan fingerprint density at radius 1 is 1.55 bits per heavy atom. The lowest BCUT2D eigenvalue weighted by atomic mass is 10.4. The molecule has 0 aliphatic carbocycles. The van der Waals surface area contributed by atoms with Gasteiger partial charge in [0.1, 0.15) is 10.3 Å². The van der Waals surface area contributed by atoms with Crippen molar-refractivity contribution in [3.05, 3.63) is 16.1 Å². The normalized spacial score (nSPS) is 10.6. The van der Waals surface area contributed by atoms with Gasteiger partial charge in [0.05, 0.1) is 11.6 Å². The monoisotopic (exact) mass is 186 g/mol. The number of hydrogen-bond acceptors (Lipinski definition) is 3. The van der Waals surface area contributed by atoms with Gasteiger partial charge in [-0.05, 0) is 11.6 Å². The molecule has 56 valence electrons. The number of aromatic nitrogens is 4. The highest BCUT2D eigenvalue weighted by Crippen LogP contribution is 2.10. The second-order valence-electron chi connectivity index (χ2n) is 1.99. The molecule has 0 radical (unpaired) electrons. The highest BCUT2D eigenvalue weighted by atomic mass is 35.5. The Bertz CT molecular complexity index is 445. The van der Waals surface area contributed by atoms with Crippen molar-refractivity contribution in [3.63, 3.8) is 0 Å². The number of H-pyrrole nitrogens is 2. The van der Waals surface area contributed by atoms with E-state index in [9.17, 15) is 0 Å². The van der Waals surface area contributed by atoms with Crippen molar-refractivity contribution in [2.24, 2.45) is 0 Å². The zero-order valence-electron chi connectivity index (χ0n) is 5.26. The van der Waals surface area contributed by atoms with Gasteiger partial charge >= 0.3 is 0 Å². The molecule has 0 saturated heterocycles. The van der Waals surface area contributed by atoms with Gasteiger partial charge in [-0.1, -0.05) is 12.2 Å². The Kier molecular flexibility index (Phi) is 1.40. The van der Waals surface area contributed by atoms with E-state index in [4.69, 9.17) is 23.8 Å². The molecular weight excluding hydrogens is 184 g/mol. The van der Waals surface area contributed by atoms with Crippen LogP contribution in [-0.4, -0.2) is 20.2 Å². The van der Waals surface area contributed by atoms with Gasteiger partial charge in [0.15, 0.2) is 0 Å². The van der Waals surface area contributed by atoms with Crippen LogP contribution in [0, 0.1) is 4.64 Å². The summed E-state index contributed by atoms with van der Waals surface area (Å²) in [6.07, 6.45) is 1.61. The van der Waals surface area contributed by atoms with Gasteiger partial charge in [0.2, 0.25) is 5.28 Å². The molecule has 0 amide bonds. The molecule has 11 heavy (non-hydrogen) atoms. The molecular formula is C5H3ClN4S. The van der Waals surface area contributed by atoms with Crippen LogP contribution in [0.2, 0.25) is 5.28 Å². The van der Waals surface area contributed by atoms with Crippen LogP contribution in [0.1, 0.15) is 0 Å². The van der Waals surface area contributed by atoms with Gasteiger partial charge in [-0.15, -0.1) is 0 Å². The van der Waals surface area contributed by atoms with Crippen LogP contribution < -0.4 is 0 Å². The molecule has 0 bridgehead atoms. The van der Waals surface area contributed by atoms with Crippen LogP contribution in [0.4, 0.5) is 0 Å². The first kappa shape index (κ1) is 6.75. The van der Waals surface area contributed by atoms with Crippen LogP contribution in [0.15, 0.2) is 6.20 Å². The molecule has 0 aromatic carbocycles. The summed E-state index contributed by atoms with van der Waals surface area (Å²) >= 11 is 10.5. The molecule has 0 aliphatic heterocycles. The molecule has 2 aromatic rings. The standard InChI is InChI=1S/C5H3ClN4S/c6-5-8-3-2(1-7-10-3)4(11)9-5/h1H,(H2,7,8,9,10,11). The van der Waals surface area contributed by atoms with Crippen LogP contribution in [-0.2, 0) is 0 Å². The van der Waals surface area contributed by atoms with Crippen LogP contribution >= 0.6 is 23.8 Å². The second kappa shape index (κ2) is 2.28. The van der Waals surface area contributed by atoms with Gasteiger partial charge in [0, 0.05) is 0 Å². The summed E-state index contributed by atoms with van der Waals surface area (Å²) in [5.74, 6) is 0. The molecule has 6 heteroatoms. The minimum atomic E-state index is 0.270. The summed E-state index contributed by atoms with van der Waals surface area (Å²) in [7, 11) is 0. The third kappa shape index (κ3) is 1.02. The van der Waals surface area contributed by atoms with Gasteiger partial charge in [0.25, 0.3) is 0 Å². The summed E-state index contributed by atoms with van der Waals surface area (Å²) < 4.78 is 0.456. The molecule has 2 aromatic heterocycles. The average Bonchev–Trinajstić information content (AvgIpc) is 2.34. The zero-order chi connectivity index (χ0) is 7.84. The quantitative estimate of drug-likeness (QED) is 0.486. The SMILES string of the molecule is S=c1nc(Cl)[nH]c2[nH]ncc12. The van der Waals surface area contributed by atoms with Crippen molar-refractivity contribution in [2.45, 2.75) is 0 Å². The summed E-state index contributed by atoms with van der Waals surface area (Å²) in [5.41, 5.74) is 0.704. The fourth-order valence-corrected chi connectivity index (χ4v) is 1.30. The Hall–Kier alpha value is -0.940. The van der Waals surface area contributed by atoms with Crippen molar-refractivity contribution in [3.8, 4) is 0 Å². The van der Waals surface area contributed by atoms with E-state index >= 15 is 0 Å². The molecule has 0 aliphatic rings. The van der Waals surface area contributed by atoms with E-state index in [1.807, 2.05) is 0 Å². The average molecular weight is 187 g/mol. The molecule has 0 fully saturated rings. The van der Waals surface area contributed by atoms with Crippen molar-refractivity contribution in [1.82, 2.24) is 20.2 Å².